The smallest absolute Gasteiger partial charge is 0.151 e. The molecule has 1 saturated heterocycles. The predicted octanol–water partition coefficient (Wildman–Crippen LogP) is -0.370. The third kappa shape index (κ3) is 1.70. The number of nitrogen functional groups attached to an aromatic ring is 1. The first kappa shape index (κ1) is 8.25. The van der Waals surface area contributed by atoms with Gasteiger partial charge in [-0.25, -0.2) is 0 Å². The Balaban J connectivity index is 2.13. The van der Waals surface area contributed by atoms with Crippen molar-refractivity contribution in [2.75, 3.05) is 23.7 Å². The van der Waals surface area contributed by atoms with Crippen molar-refractivity contribution in [3.05, 3.63) is 12.1 Å². The molecule has 0 radical (unpaired) electrons. The number of hydrogen-bond acceptors (Lipinski definition) is 5. The van der Waals surface area contributed by atoms with Gasteiger partial charge in [0.2, 0.25) is 0 Å². The Morgan fingerprint density at radius 3 is 2.85 bits per heavy atom. The molecule has 0 aromatic carbocycles. The SMILES string of the molecule is Nc1ccc(N2CC[C@H](O)C2)nn1. The van der Waals surface area contributed by atoms with Crippen LogP contribution in [0.2, 0.25) is 0 Å². The van der Waals surface area contributed by atoms with Gasteiger partial charge in [-0.15, -0.1) is 10.2 Å². The highest BCUT2D eigenvalue weighted by atomic mass is 16.3. The standard InChI is InChI=1S/C8H12N4O/c9-7-1-2-8(11-10-7)12-4-3-6(13)5-12/h1-2,6,13H,3-5H2,(H2,9,10)/t6-/m0/s1. The van der Waals surface area contributed by atoms with Gasteiger partial charge >= 0.3 is 0 Å². The Bertz CT molecular complexity index is 287. The van der Waals surface area contributed by atoms with E-state index in [0.29, 0.717) is 12.4 Å². The van der Waals surface area contributed by atoms with E-state index in [0.717, 1.165) is 18.8 Å². The van der Waals surface area contributed by atoms with Gasteiger partial charge in [0.05, 0.1) is 6.10 Å². The number of rotatable bonds is 1. The van der Waals surface area contributed by atoms with Crippen molar-refractivity contribution >= 4 is 11.6 Å². The molecule has 0 amide bonds. The zero-order chi connectivity index (χ0) is 9.26. The number of aliphatic hydroxyl groups is 1. The maximum atomic E-state index is 9.30. The van der Waals surface area contributed by atoms with Crippen LogP contribution in [0.25, 0.3) is 0 Å². The van der Waals surface area contributed by atoms with Gasteiger partial charge in [0, 0.05) is 13.1 Å². The van der Waals surface area contributed by atoms with E-state index in [1.54, 1.807) is 6.07 Å². The number of nitrogens with two attached hydrogens (primary N) is 1. The molecule has 70 valence electrons. The minimum atomic E-state index is -0.237. The highest BCUT2D eigenvalue weighted by Crippen LogP contribution is 2.17. The van der Waals surface area contributed by atoms with Crippen molar-refractivity contribution in [2.45, 2.75) is 12.5 Å². The minimum absolute atomic E-state index is 0.237. The van der Waals surface area contributed by atoms with Crippen LogP contribution in [-0.4, -0.2) is 34.5 Å². The first-order valence-electron chi connectivity index (χ1n) is 4.28. The molecule has 1 aromatic rings. The molecule has 1 aliphatic rings. The van der Waals surface area contributed by atoms with E-state index in [1.807, 2.05) is 11.0 Å². The average molecular weight is 180 g/mol. The fourth-order valence-electron chi connectivity index (χ4n) is 1.45. The number of aromatic nitrogens is 2. The first-order chi connectivity index (χ1) is 6.25. The largest absolute Gasteiger partial charge is 0.391 e. The molecule has 2 heterocycles. The maximum absolute atomic E-state index is 9.30. The highest BCUT2D eigenvalue weighted by Gasteiger charge is 2.21. The molecule has 1 aliphatic heterocycles. The summed E-state index contributed by atoms with van der Waals surface area (Å²) >= 11 is 0. The summed E-state index contributed by atoms with van der Waals surface area (Å²) in [6.45, 7) is 1.47. The molecule has 5 nitrogen and oxygen atoms in total. The summed E-state index contributed by atoms with van der Waals surface area (Å²) in [5, 5.41) is 17.0. The van der Waals surface area contributed by atoms with Gasteiger partial charge < -0.3 is 15.7 Å². The third-order valence-corrected chi connectivity index (χ3v) is 2.16. The molecule has 3 N–H and O–H groups in total. The molecular formula is C8H12N4O. The van der Waals surface area contributed by atoms with E-state index in [-0.39, 0.29) is 6.10 Å². The lowest BCUT2D eigenvalue weighted by molar-refractivity contribution is 0.198. The van der Waals surface area contributed by atoms with Crippen molar-refractivity contribution in [3.8, 4) is 0 Å². The third-order valence-electron chi connectivity index (χ3n) is 2.16. The fraction of sp³-hybridized carbons (Fsp3) is 0.500. The van der Waals surface area contributed by atoms with Crippen LogP contribution in [0.4, 0.5) is 11.6 Å². The lowest BCUT2D eigenvalue weighted by atomic mass is 10.3. The molecule has 1 aromatic heterocycles. The van der Waals surface area contributed by atoms with Crippen LogP contribution in [0.15, 0.2) is 12.1 Å². The normalized spacial score (nSPS) is 22.2. The number of β-amino-alcohol motifs (C(OH)–C–C–N with tert-alkyl or cyclic N) is 1. The Morgan fingerprint density at radius 1 is 1.46 bits per heavy atom. The fourth-order valence-corrected chi connectivity index (χ4v) is 1.45. The van der Waals surface area contributed by atoms with Crippen LogP contribution < -0.4 is 10.6 Å². The average Bonchev–Trinajstić information content (AvgIpc) is 2.53. The monoisotopic (exact) mass is 180 g/mol. The topological polar surface area (TPSA) is 75.3 Å². The van der Waals surface area contributed by atoms with Gasteiger partial charge in [0.25, 0.3) is 0 Å². The van der Waals surface area contributed by atoms with E-state index in [1.165, 1.54) is 0 Å². The molecule has 0 spiro atoms. The Kier molecular flexibility index (Phi) is 2.02. The van der Waals surface area contributed by atoms with E-state index in [2.05, 4.69) is 10.2 Å². The molecule has 5 heteroatoms. The van der Waals surface area contributed by atoms with Crippen molar-refractivity contribution in [3.63, 3.8) is 0 Å². The van der Waals surface area contributed by atoms with Crippen LogP contribution in [0.5, 0.6) is 0 Å². The zero-order valence-electron chi connectivity index (χ0n) is 7.22. The van der Waals surface area contributed by atoms with Crippen molar-refractivity contribution in [1.82, 2.24) is 10.2 Å². The molecule has 2 rings (SSSR count). The maximum Gasteiger partial charge on any atom is 0.151 e. The second kappa shape index (κ2) is 3.18. The summed E-state index contributed by atoms with van der Waals surface area (Å²) in [7, 11) is 0. The van der Waals surface area contributed by atoms with Gasteiger partial charge in [0.15, 0.2) is 5.82 Å². The van der Waals surface area contributed by atoms with Crippen LogP contribution in [0.3, 0.4) is 0 Å². The summed E-state index contributed by atoms with van der Waals surface area (Å²) in [5.41, 5.74) is 5.41. The number of aliphatic hydroxyl groups excluding tert-OH is 1. The number of nitrogens with zero attached hydrogens (tertiary/aromatic N) is 3. The second-order valence-electron chi connectivity index (χ2n) is 3.20. The van der Waals surface area contributed by atoms with E-state index in [4.69, 9.17) is 5.73 Å². The summed E-state index contributed by atoms with van der Waals surface area (Å²) < 4.78 is 0. The second-order valence-corrected chi connectivity index (χ2v) is 3.20. The van der Waals surface area contributed by atoms with E-state index < -0.39 is 0 Å². The van der Waals surface area contributed by atoms with Gasteiger partial charge in [-0.05, 0) is 18.6 Å². The minimum Gasteiger partial charge on any atom is -0.391 e. The molecule has 1 atom stereocenters. The summed E-state index contributed by atoms with van der Waals surface area (Å²) in [6.07, 6.45) is 0.561. The Hall–Kier alpha value is -1.36. The lowest BCUT2D eigenvalue weighted by Crippen LogP contribution is -2.22. The van der Waals surface area contributed by atoms with Crippen LogP contribution >= 0.6 is 0 Å². The van der Waals surface area contributed by atoms with Gasteiger partial charge in [0.1, 0.15) is 5.82 Å². The number of hydrogen-bond donors (Lipinski definition) is 2. The van der Waals surface area contributed by atoms with Crippen molar-refractivity contribution < 1.29 is 5.11 Å². The Morgan fingerprint density at radius 2 is 2.31 bits per heavy atom. The van der Waals surface area contributed by atoms with Crippen molar-refractivity contribution in [2.24, 2.45) is 0 Å². The first-order valence-corrected chi connectivity index (χ1v) is 4.28. The van der Waals surface area contributed by atoms with Gasteiger partial charge in [-0.2, -0.15) is 0 Å². The summed E-state index contributed by atoms with van der Waals surface area (Å²) in [4.78, 5) is 2.00. The van der Waals surface area contributed by atoms with Crippen LogP contribution in [0, 0.1) is 0 Å². The Labute approximate surface area is 76.2 Å². The van der Waals surface area contributed by atoms with Crippen molar-refractivity contribution in [1.29, 1.82) is 0 Å². The van der Waals surface area contributed by atoms with E-state index in [9.17, 15) is 5.11 Å². The molecule has 0 unspecified atom stereocenters. The highest BCUT2D eigenvalue weighted by molar-refractivity contribution is 5.42. The number of anilines is 2. The van der Waals surface area contributed by atoms with E-state index >= 15 is 0 Å². The predicted molar refractivity (Wildman–Crippen MR) is 49.3 cm³/mol. The molecule has 1 fully saturated rings. The molecule has 0 bridgehead atoms. The summed E-state index contributed by atoms with van der Waals surface area (Å²) in [5.74, 6) is 1.20. The summed E-state index contributed by atoms with van der Waals surface area (Å²) in [6, 6.07) is 3.54. The van der Waals surface area contributed by atoms with Gasteiger partial charge in [-0.3, -0.25) is 0 Å². The molecule has 0 aliphatic carbocycles. The van der Waals surface area contributed by atoms with Gasteiger partial charge in [-0.1, -0.05) is 0 Å². The molecular weight excluding hydrogens is 168 g/mol. The van der Waals surface area contributed by atoms with Crippen LogP contribution in [0.1, 0.15) is 6.42 Å². The van der Waals surface area contributed by atoms with Crippen LogP contribution in [-0.2, 0) is 0 Å². The zero-order valence-corrected chi connectivity index (χ0v) is 7.22. The molecule has 13 heavy (non-hydrogen) atoms. The lowest BCUT2D eigenvalue weighted by Gasteiger charge is -2.14. The molecule has 0 saturated carbocycles. The quantitative estimate of drug-likeness (QED) is 0.616.